The zero-order valence-corrected chi connectivity index (χ0v) is 7.86. The van der Waals surface area contributed by atoms with E-state index in [2.05, 4.69) is 0 Å². The molecule has 0 fully saturated rings. The molecule has 1 rings (SSSR count). The van der Waals surface area contributed by atoms with Crippen molar-refractivity contribution in [1.82, 2.24) is 0 Å². The van der Waals surface area contributed by atoms with Crippen LogP contribution in [0.4, 0.5) is 0 Å². The number of hydrogen-bond donors (Lipinski definition) is 2. The Morgan fingerprint density at radius 2 is 2.08 bits per heavy atom. The molecule has 0 aliphatic heterocycles. The summed E-state index contributed by atoms with van der Waals surface area (Å²) in [6, 6.07) is 0. The van der Waals surface area contributed by atoms with Crippen LogP contribution < -0.4 is 5.73 Å². The maximum Gasteiger partial charge on any atom is 0.346 e. The van der Waals surface area contributed by atoms with Gasteiger partial charge in [0.25, 0.3) is 0 Å². The van der Waals surface area contributed by atoms with Crippen molar-refractivity contribution < 1.29 is 9.90 Å². The third kappa shape index (κ3) is 1.35. The van der Waals surface area contributed by atoms with Crippen LogP contribution in [0.5, 0.6) is 0 Å². The molecule has 0 aliphatic rings. The molecule has 0 saturated carbocycles. The minimum atomic E-state index is -0.861. The monoisotopic (exact) mass is 185 g/mol. The lowest BCUT2D eigenvalue weighted by molar-refractivity contribution is 0.0701. The fourth-order valence-electron chi connectivity index (χ4n) is 1.05. The van der Waals surface area contributed by atoms with Crippen molar-refractivity contribution >= 4 is 17.3 Å². The highest BCUT2D eigenvalue weighted by Crippen LogP contribution is 2.26. The molecule has 0 aromatic carbocycles. The van der Waals surface area contributed by atoms with Crippen LogP contribution in [0.25, 0.3) is 0 Å². The van der Waals surface area contributed by atoms with Gasteiger partial charge in [0.1, 0.15) is 4.88 Å². The van der Waals surface area contributed by atoms with Crippen molar-refractivity contribution in [1.29, 1.82) is 0 Å². The molecule has 0 atom stereocenters. The lowest BCUT2D eigenvalue weighted by atomic mass is 10.1. The van der Waals surface area contributed by atoms with E-state index in [0.29, 0.717) is 11.4 Å². The van der Waals surface area contributed by atoms with Crippen molar-refractivity contribution in [2.75, 3.05) is 0 Å². The molecular formula is C8H11NO2S. The van der Waals surface area contributed by atoms with Crippen molar-refractivity contribution in [3.63, 3.8) is 0 Å². The molecule has 0 aliphatic carbocycles. The summed E-state index contributed by atoms with van der Waals surface area (Å²) in [6.07, 6.45) is 0. The quantitative estimate of drug-likeness (QED) is 0.734. The number of carboxylic acids is 1. The molecule has 1 heterocycles. The van der Waals surface area contributed by atoms with Crippen molar-refractivity contribution in [2.45, 2.75) is 20.4 Å². The Balaban J connectivity index is 3.25. The summed E-state index contributed by atoms with van der Waals surface area (Å²) in [7, 11) is 0. The number of carbonyl (C=O) groups is 1. The minimum absolute atomic E-state index is 0.410. The number of thiophene rings is 1. The Morgan fingerprint density at radius 3 is 2.33 bits per heavy atom. The predicted octanol–water partition coefficient (Wildman–Crippen LogP) is 1.52. The van der Waals surface area contributed by atoms with E-state index in [0.717, 1.165) is 16.0 Å². The van der Waals surface area contributed by atoms with E-state index in [1.807, 2.05) is 13.8 Å². The molecule has 4 heteroatoms. The van der Waals surface area contributed by atoms with Gasteiger partial charge in [0.05, 0.1) is 0 Å². The SMILES string of the molecule is Cc1c(CN)sc(C(=O)O)c1C. The first kappa shape index (κ1) is 9.22. The third-order valence-corrected chi connectivity index (χ3v) is 3.33. The second kappa shape index (κ2) is 3.25. The van der Waals surface area contributed by atoms with E-state index in [4.69, 9.17) is 10.8 Å². The zero-order chi connectivity index (χ0) is 9.30. The van der Waals surface area contributed by atoms with Gasteiger partial charge in [-0.3, -0.25) is 0 Å². The average Bonchev–Trinajstić information content (AvgIpc) is 2.30. The van der Waals surface area contributed by atoms with Gasteiger partial charge in [0, 0.05) is 11.4 Å². The molecule has 0 amide bonds. The van der Waals surface area contributed by atoms with E-state index >= 15 is 0 Å². The van der Waals surface area contributed by atoms with Crippen LogP contribution in [-0.2, 0) is 6.54 Å². The molecule has 0 bridgehead atoms. The summed E-state index contributed by atoms with van der Waals surface area (Å²) in [5, 5.41) is 8.77. The van der Waals surface area contributed by atoms with Crippen LogP contribution in [0.1, 0.15) is 25.7 Å². The second-order valence-corrected chi connectivity index (χ2v) is 3.72. The Labute approximate surface area is 74.8 Å². The molecule has 66 valence electrons. The Kier molecular flexibility index (Phi) is 2.49. The van der Waals surface area contributed by atoms with E-state index < -0.39 is 5.97 Å². The molecule has 0 radical (unpaired) electrons. The van der Waals surface area contributed by atoms with E-state index in [9.17, 15) is 4.79 Å². The fraction of sp³-hybridized carbons (Fsp3) is 0.375. The van der Waals surface area contributed by atoms with Gasteiger partial charge in [-0.15, -0.1) is 11.3 Å². The highest BCUT2D eigenvalue weighted by atomic mass is 32.1. The molecule has 1 aromatic rings. The summed E-state index contributed by atoms with van der Waals surface area (Å²) in [5.41, 5.74) is 7.30. The zero-order valence-electron chi connectivity index (χ0n) is 7.05. The van der Waals surface area contributed by atoms with Gasteiger partial charge in [0.15, 0.2) is 0 Å². The molecule has 3 nitrogen and oxygen atoms in total. The first-order valence-corrected chi connectivity index (χ1v) is 4.41. The van der Waals surface area contributed by atoms with Crippen LogP contribution >= 0.6 is 11.3 Å². The van der Waals surface area contributed by atoms with Gasteiger partial charge in [-0.25, -0.2) is 4.79 Å². The topological polar surface area (TPSA) is 63.3 Å². The van der Waals surface area contributed by atoms with E-state index in [1.165, 1.54) is 11.3 Å². The molecule has 3 N–H and O–H groups in total. The van der Waals surface area contributed by atoms with E-state index in [-0.39, 0.29) is 0 Å². The number of carboxylic acid groups (broad SMARTS) is 1. The molecule has 1 aromatic heterocycles. The van der Waals surface area contributed by atoms with Crippen LogP contribution in [0.15, 0.2) is 0 Å². The van der Waals surface area contributed by atoms with Gasteiger partial charge in [-0.1, -0.05) is 0 Å². The first-order chi connectivity index (χ1) is 5.57. The number of nitrogens with two attached hydrogens (primary N) is 1. The van der Waals surface area contributed by atoms with Gasteiger partial charge < -0.3 is 10.8 Å². The molecule has 0 spiro atoms. The second-order valence-electron chi connectivity index (χ2n) is 2.61. The maximum absolute atomic E-state index is 10.7. The largest absolute Gasteiger partial charge is 0.477 e. The predicted molar refractivity (Wildman–Crippen MR) is 48.6 cm³/mol. The van der Waals surface area contributed by atoms with Crippen LogP contribution in [0.3, 0.4) is 0 Å². The maximum atomic E-state index is 10.7. The Bertz CT molecular complexity index is 317. The molecule has 0 saturated heterocycles. The van der Waals surface area contributed by atoms with Crippen molar-refractivity contribution in [3.8, 4) is 0 Å². The van der Waals surface area contributed by atoms with Crippen LogP contribution in [0, 0.1) is 13.8 Å². The standard InChI is InChI=1S/C8H11NO2S/c1-4-5(2)7(8(10)11)12-6(4)3-9/h3,9H2,1-2H3,(H,10,11). The minimum Gasteiger partial charge on any atom is -0.477 e. The summed E-state index contributed by atoms with van der Waals surface area (Å²) in [5.74, 6) is -0.861. The van der Waals surface area contributed by atoms with Crippen LogP contribution in [-0.4, -0.2) is 11.1 Å². The molecular weight excluding hydrogens is 174 g/mol. The lowest BCUT2D eigenvalue weighted by Gasteiger charge is -1.92. The number of hydrogen-bond acceptors (Lipinski definition) is 3. The van der Waals surface area contributed by atoms with Crippen LogP contribution in [0.2, 0.25) is 0 Å². The summed E-state index contributed by atoms with van der Waals surface area (Å²) >= 11 is 1.27. The van der Waals surface area contributed by atoms with Gasteiger partial charge in [-0.2, -0.15) is 0 Å². The Morgan fingerprint density at radius 1 is 1.50 bits per heavy atom. The average molecular weight is 185 g/mol. The highest BCUT2D eigenvalue weighted by molar-refractivity contribution is 7.14. The van der Waals surface area contributed by atoms with Crippen molar-refractivity contribution in [2.24, 2.45) is 5.73 Å². The van der Waals surface area contributed by atoms with E-state index in [1.54, 1.807) is 0 Å². The highest BCUT2D eigenvalue weighted by Gasteiger charge is 2.15. The Hall–Kier alpha value is -0.870. The summed E-state index contributed by atoms with van der Waals surface area (Å²) < 4.78 is 0. The number of rotatable bonds is 2. The van der Waals surface area contributed by atoms with Crippen molar-refractivity contribution in [3.05, 3.63) is 20.9 Å². The van der Waals surface area contributed by atoms with Gasteiger partial charge in [0.2, 0.25) is 0 Å². The first-order valence-electron chi connectivity index (χ1n) is 3.60. The van der Waals surface area contributed by atoms with Gasteiger partial charge >= 0.3 is 5.97 Å². The molecule has 0 unspecified atom stereocenters. The smallest absolute Gasteiger partial charge is 0.346 e. The summed E-state index contributed by atoms with van der Waals surface area (Å²) in [4.78, 5) is 12.0. The fourth-order valence-corrected chi connectivity index (χ4v) is 2.08. The third-order valence-electron chi connectivity index (χ3n) is 1.93. The molecule has 12 heavy (non-hydrogen) atoms. The number of aromatic carboxylic acids is 1. The lowest BCUT2D eigenvalue weighted by Crippen LogP contribution is -1.95. The summed E-state index contributed by atoms with van der Waals surface area (Å²) in [6.45, 7) is 4.14. The van der Waals surface area contributed by atoms with Gasteiger partial charge in [-0.05, 0) is 25.0 Å². The normalized spacial score (nSPS) is 10.2.